The van der Waals surface area contributed by atoms with Gasteiger partial charge in [0.05, 0.1) is 11.6 Å². The zero-order valence-corrected chi connectivity index (χ0v) is 16.8. The SMILES string of the molecule is C[C@H]1COc2c(N3C[C@H]4CC(F)(F)C[C@@H](N)[C@H]4C3)c(F)cc3cc(C(=O)O)c(=O)n1c23. The molecule has 10 heteroatoms. The number of nitrogens with zero attached hydrogens (tertiary/aromatic N) is 2. The van der Waals surface area contributed by atoms with Gasteiger partial charge in [0.2, 0.25) is 5.92 Å². The van der Waals surface area contributed by atoms with Crippen LogP contribution in [0.15, 0.2) is 16.9 Å². The highest BCUT2D eigenvalue weighted by Gasteiger charge is 2.50. The number of fused-ring (bicyclic) bond motifs is 1. The topological polar surface area (TPSA) is 97.8 Å². The number of carbonyl (C=O) groups is 1. The summed E-state index contributed by atoms with van der Waals surface area (Å²) < 4.78 is 50.5. The minimum absolute atomic E-state index is 0.0554. The Morgan fingerprint density at radius 1 is 1.29 bits per heavy atom. The third kappa shape index (κ3) is 2.99. The predicted molar refractivity (Wildman–Crippen MR) is 107 cm³/mol. The Morgan fingerprint density at radius 2 is 2.03 bits per heavy atom. The molecule has 4 atom stereocenters. The summed E-state index contributed by atoms with van der Waals surface area (Å²) in [7, 11) is 0. The molecule has 0 radical (unpaired) electrons. The van der Waals surface area contributed by atoms with E-state index in [0.717, 1.165) is 6.07 Å². The number of nitrogens with two attached hydrogens (primary N) is 1. The molecule has 0 spiro atoms. The van der Waals surface area contributed by atoms with Gasteiger partial charge in [-0.25, -0.2) is 18.0 Å². The standard InChI is InChI=1S/C21H22F3N3O4/c1-9-8-31-18-16-10(2-12(20(29)30)19(28)27(9)16)3-14(22)17(18)26-6-11-4-21(23,24)5-15(25)13(11)7-26/h2-3,9,11,13,15H,4-8,25H2,1H3,(H,29,30)/t9-,11+,13-,15+/m0/s1. The number of halogens is 3. The molecule has 3 aliphatic rings. The molecule has 1 aromatic heterocycles. The number of alkyl halides is 2. The van der Waals surface area contributed by atoms with Crippen LogP contribution in [-0.2, 0) is 0 Å². The number of aromatic nitrogens is 1. The number of carboxylic acid groups (broad SMARTS) is 1. The Bertz CT molecular complexity index is 1160. The molecule has 1 aromatic carbocycles. The van der Waals surface area contributed by atoms with Crippen LogP contribution in [0.5, 0.6) is 5.75 Å². The fourth-order valence-electron chi connectivity index (χ4n) is 5.46. The zero-order valence-electron chi connectivity index (χ0n) is 16.8. The van der Waals surface area contributed by atoms with Gasteiger partial charge in [-0.15, -0.1) is 0 Å². The van der Waals surface area contributed by atoms with Crippen LogP contribution in [0.4, 0.5) is 18.9 Å². The van der Waals surface area contributed by atoms with E-state index < -0.39 is 40.9 Å². The van der Waals surface area contributed by atoms with E-state index in [-0.39, 0.29) is 54.7 Å². The third-order valence-corrected chi connectivity index (χ3v) is 6.79. The van der Waals surface area contributed by atoms with Gasteiger partial charge in [-0.2, -0.15) is 0 Å². The summed E-state index contributed by atoms with van der Waals surface area (Å²) in [5.41, 5.74) is 5.31. The molecule has 1 saturated carbocycles. The molecular weight excluding hydrogens is 415 g/mol. The van der Waals surface area contributed by atoms with E-state index in [1.807, 2.05) is 0 Å². The summed E-state index contributed by atoms with van der Waals surface area (Å²) in [6.07, 6.45) is -0.683. The number of hydrogen-bond acceptors (Lipinski definition) is 5. The van der Waals surface area contributed by atoms with Crippen molar-refractivity contribution in [1.82, 2.24) is 4.57 Å². The maximum absolute atomic E-state index is 15.3. The number of hydrogen-bond donors (Lipinski definition) is 2. The normalized spacial score (nSPS) is 29.0. The molecule has 2 aromatic rings. The number of benzene rings is 1. The van der Waals surface area contributed by atoms with E-state index in [9.17, 15) is 23.5 Å². The highest BCUT2D eigenvalue weighted by molar-refractivity contribution is 5.97. The fourth-order valence-corrected chi connectivity index (χ4v) is 5.46. The molecule has 0 unspecified atom stereocenters. The van der Waals surface area contributed by atoms with E-state index in [2.05, 4.69) is 0 Å². The molecule has 166 valence electrons. The molecule has 0 bridgehead atoms. The van der Waals surface area contributed by atoms with Crippen LogP contribution in [0, 0.1) is 17.7 Å². The fraction of sp³-hybridized carbons (Fsp3) is 0.524. The predicted octanol–water partition coefficient (Wildman–Crippen LogP) is 2.60. The van der Waals surface area contributed by atoms with Gasteiger partial charge in [0.1, 0.15) is 17.9 Å². The maximum atomic E-state index is 15.3. The van der Waals surface area contributed by atoms with Crippen LogP contribution < -0.4 is 20.9 Å². The highest BCUT2D eigenvalue weighted by atomic mass is 19.3. The second kappa shape index (κ2) is 6.62. The van der Waals surface area contributed by atoms with Crippen LogP contribution in [0.1, 0.15) is 36.2 Å². The molecule has 7 nitrogen and oxygen atoms in total. The van der Waals surface area contributed by atoms with Crippen molar-refractivity contribution in [2.45, 2.75) is 37.8 Å². The Morgan fingerprint density at radius 3 is 2.74 bits per heavy atom. The van der Waals surface area contributed by atoms with Gasteiger partial charge in [-0.1, -0.05) is 0 Å². The van der Waals surface area contributed by atoms with Crippen LogP contribution >= 0.6 is 0 Å². The van der Waals surface area contributed by atoms with Gasteiger partial charge in [0, 0.05) is 37.4 Å². The number of aromatic carboxylic acids is 1. The number of carboxylic acids is 1. The molecule has 31 heavy (non-hydrogen) atoms. The molecule has 3 heterocycles. The summed E-state index contributed by atoms with van der Waals surface area (Å²) in [4.78, 5) is 26.0. The smallest absolute Gasteiger partial charge is 0.341 e. The summed E-state index contributed by atoms with van der Waals surface area (Å²) in [5.74, 6) is -5.31. The van der Waals surface area contributed by atoms with Crippen molar-refractivity contribution in [3.8, 4) is 5.75 Å². The van der Waals surface area contributed by atoms with Gasteiger partial charge >= 0.3 is 5.97 Å². The quantitative estimate of drug-likeness (QED) is 0.750. The van der Waals surface area contributed by atoms with Crippen molar-refractivity contribution >= 4 is 22.6 Å². The van der Waals surface area contributed by atoms with Gasteiger partial charge in [-0.3, -0.25) is 9.36 Å². The Hall–Kier alpha value is -2.75. The first-order chi connectivity index (χ1) is 14.6. The number of rotatable bonds is 2. The van der Waals surface area contributed by atoms with Crippen molar-refractivity contribution in [3.63, 3.8) is 0 Å². The van der Waals surface area contributed by atoms with Gasteiger partial charge in [0.25, 0.3) is 5.56 Å². The van der Waals surface area contributed by atoms with E-state index >= 15 is 4.39 Å². The largest absolute Gasteiger partial charge is 0.487 e. The van der Waals surface area contributed by atoms with Crippen molar-refractivity contribution in [1.29, 1.82) is 0 Å². The molecule has 0 amide bonds. The van der Waals surface area contributed by atoms with E-state index in [4.69, 9.17) is 10.5 Å². The lowest BCUT2D eigenvalue weighted by Gasteiger charge is -2.35. The number of pyridine rings is 1. The minimum atomic E-state index is -2.84. The average molecular weight is 437 g/mol. The van der Waals surface area contributed by atoms with E-state index in [1.54, 1.807) is 11.8 Å². The zero-order chi connectivity index (χ0) is 22.2. The van der Waals surface area contributed by atoms with Gasteiger partial charge in [0.15, 0.2) is 11.6 Å². The first-order valence-corrected chi connectivity index (χ1v) is 10.2. The molecule has 5 rings (SSSR count). The lowest BCUT2D eigenvalue weighted by molar-refractivity contribution is -0.0676. The molecule has 1 aliphatic carbocycles. The van der Waals surface area contributed by atoms with Gasteiger partial charge < -0.3 is 20.5 Å². The lowest BCUT2D eigenvalue weighted by Crippen LogP contribution is -2.46. The number of anilines is 1. The molecular formula is C21H22F3N3O4. The van der Waals surface area contributed by atoms with Crippen LogP contribution in [0.25, 0.3) is 10.9 Å². The number of ether oxygens (including phenoxy) is 1. The Kier molecular flexibility index (Phi) is 4.31. The monoisotopic (exact) mass is 437 g/mol. The molecule has 2 fully saturated rings. The third-order valence-electron chi connectivity index (χ3n) is 6.79. The second-order valence-corrected chi connectivity index (χ2v) is 8.93. The van der Waals surface area contributed by atoms with Crippen LogP contribution in [-0.4, -0.2) is 47.3 Å². The first-order valence-electron chi connectivity index (χ1n) is 10.2. The van der Waals surface area contributed by atoms with Gasteiger partial charge in [-0.05, 0) is 30.9 Å². The maximum Gasteiger partial charge on any atom is 0.341 e. The molecule has 2 aliphatic heterocycles. The van der Waals surface area contributed by atoms with Crippen LogP contribution in [0.2, 0.25) is 0 Å². The highest BCUT2D eigenvalue weighted by Crippen LogP contribution is 2.48. The van der Waals surface area contributed by atoms with Crippen molar-refractivity contribution in [2.75, 3.05) is 24.6 Å². The van der Waals surface area contributed by atoms with Crippen molar-refractivity contribution in [3.05, 3.63) is 33.9 Å². The van der Waals surface area contributed by atoms with E-state index in [0.29, 0.717) is 12.1 Å². The summed E-state index contributed by atoms with van der Waals surface area (Å²) >= 11 is 0. The Labute approximate surface area is 175 Å². The molecule has 3 N–H and O–H groups in total. The van der Waals surface area contributed by atoms with E-state index in [1.165, 1.54) is 10.6 Å². The second-order valence-electron chi connectivity index (χ2n) is 8.93. The lowest BCUT2D eigenvalue weighted by atomic mass is 9.76. The first kappa shape index (κ1) is 20.2. The van der Waals surface area contributed by atoms with Crippen molar-refractivity contribution < 1.29 is 27.8 Å². The average Bonchev–Trinajstić information content (AvgIpc) is 3.07. The van der Waals surface area contributed by atoms with Crippen molar-refractivity contribution in [2.24, 2.45) is 17.6 Å². The molecule has 1 saturated heterocycles. The Balaban J connectivity index is 1.67. The summed E-state index contributed by atoms with van der Waals surface area (Å²) in [6, 6.07) is 1.19. The summed E-state index contributed by atoms with van der Waals surface area (Å²) in [5, 5.41) is 9.62. The summed E-state index contributed by atoms with van der Waals surface area (Å²) in [6.45, 7) is 2.29. The minimum Gasteiger partial charge on any atom is -0.487 e. The van der Waals surface area contributed by atoms with Crippen LogP contribution in [0.3, 0.4) is 0 Å².